The van der Waals surface area contributed by atoms with Gasteiger partial charge in [-0.25, -0.2) is 16.8 Å². The fourth-order valence-electron chi connectivity index (χ4n) is 4.73. The van der Waals surface area contributed by atoms with Gasteiger partial charge in [0.1, 0.15) is 30.4 Å². The lowest BCUT2D eigenvalue weighted by Crippen LogP contribution is -2.42. The predicted octanol–water partition coefficient (Wildman–Crippen LogP) is 2.90. The lowest BCUT2D eigenvalue weighted by atomic mass is 10.2. The Labute approximate surface area is 263 Å². The van der Waals surface area contributed by atoms with Crippen LogP contribution in [0.25, 0.3) is 0 Å². The van der Waals surface area contributed by atoms with E-state index < -0.39 is 32.5 Å². The third-order valence-electron chi connectivity index (χ3n) is 7.10. The highest BCUT2D eigenvalue weighted by molar-refractivity contribution is 7.93. The number of rotatable bonds is 15. The minimum absolute atomic E-state index is 0.0478. The minimum Gasteiger partial charge on any atom is -0.497 e. The number of nitrogens with one attached hydrogen (secondary N) is 1. The molecule has 3 aromatic rings. The molecule has 13 nitrogen and oxygen atoms in total. The number of carbonyl (C=O) groups is 1. The Kier molecular flexibility index (Phi) is 11.0. The van der Waals surface area contributed by atoms with Crippen molar-refractivity contribution >= 4 is 31.6 Å². The quantitative estimate of drug-likeness (QED) is 0.241. The van der Waals surface area contributed by atoms with E-state index in [0.717, 1.165) is 17.1 Å². The largest absolute Gasteiger partial charge is 0.497 e. The molecular formula is C30H37N3O10S2. The van der Waals surface area contributed by atoms with E-state index in [1.165, 1.54) is 69.1 Å². The lowest BCUT2D eigenvalue weighted by molar-refractivity contribution is -0.119. The molecule has 4 rings (SSSR count). The second-order valence-electron chi connectivity index (χ2n) is 9.85. The SMILES string of the molecule is COc1ccc(OC)c(N(CC(=O)NCCOc2ccc(S(=O)(=O)N3CCCC3)cc2)S(=O)(=O)c2ccc(OC)c(OC)c2)c1. The van der Waals surface area contributed by atoms with Gasteiger partial charge in [-0.3, -0.25) is 9.10 Å². The normalized spacial score (nSPS) is 13.6. The van der Waals surface area contributed by atoms with Gasteiger partial charge in [0.05, 0.1) is 50.5 Å². The van der Waals surface area contributed by atoms with Crippen molar-refractivity contribution in [2.24, 2.45) is 0 Å². The van der Waals surface area contributed by atoms with Gasteiger partial charge in [-0.15, -0.1) is 0 Å². The number of hydrogen-bond donors (Lipinski definition) is 1. The molecule has 0 spiro atoms. The van der Waals surface area contributed by atoms with Crippen molar-refractivity contribution < 1.29 is 45.3 Å². The lowest BCUT2D eigenvalue weighted by Gasteiger charge is -2.26. The topological polar surface area (TPSA) is 150 Å². The maximum atomic E-state index is 14.0. The molecule has 1 heterocycles. The average molecular weight is 664 g/mol. The summed E-state index contributed by atoms with van der Waals surface area (Å²) in [5.74, 6) is 0.891. The van der Waals surface area contributed by atoms with Crippen molar-refractivity contribution in [1.82, 2.24) is 9.62 Å². The van der Waals surface area contributed by atoms with E-state index in [1.807, 2.05) is 0 Å². The van der Waals surface area contributed by atoms with Crippen LogP contribution < -0.4 is 33.3 Å². The zero-order valence-electron chi connectivity index (χ0n) is 25.5. The van der Waals surface area contributed by atoms with Gasteiger partial charge in [0, 0.05) is 25.2 Å². The smallest absolute Gasteiger partial charge is 0.265 e. The molecule has 0 unspecified atom stereocenters. The van der Waals surface area contributed by atoms with E-state index in [-0.39, 0.29) is 40.1 Å². The molecule has 0 aliphatic carbocycles. The molecule has 1 amide bonds. The maximum absolute atomic E-state index is 14.0. The van der Waals surface area contributed by atoms with Crippen LogP contribution in [0.3, 0.4) is 0 Å². The molecule has 1 saturated heterocycles. The Balaban J connectivity index is 1.47. The molecular weight excluding hydrogens is 626 g/mol. The van der Waals surface area contributed by atoms with Gasteiger partial charge in [-0.1, -0.05) is 0 Å². The first kappa shape index (κ1) is 33.7. The van der Waals surface area contributed by atoms with Crippen LogP contribution >= 0.6 is 0 Å². The number of nitrogens with zero attached hydrogens (tertiary/aromatic N) is 2. The van der Waals surface area contributed by atoms with Gasteiger partial charge in [-0.05, 0) is 61.4 Å². The molecule has 0 radical (unpaired) electrons. The van der Waals surface area contributed by atoms with Gasteiger partial charge in [-0.2, -0.15) is 4.31 Å². The molecule has 45 heavy (non-hydrogen) atoms. The van der Waals surface area contributed by atoms with E-state index in [1.54, 1.807) is 24.3 Å². The molecule has 1 aliphatic heterocycles. The summed E-state index contributed by atoms with van der Waals surface area (Å²) in [6.45, 7) is 0.528. The fourth-order valence-corrected chi connectivity index (χ4v) is 7.68. The van der Waals surface area contributed by atoms with Gasteiger partial charge in [0.25, 0.3) is 10.0 Å². The van der Waals surface area contributed by atoms with Gasteiger partial charge >= 0.3 is 0 Å². The Hall–Kier alpha value is -4.21. The predicted molar refractivity (Wildman–Crippen MR) is 167 cm³/mol. The van der Waals surface area contributed by atoms with Crippen molar-refractivity contribution in [1.29, 1.82) is 0 Å². The molecule has 244 valence electrons. The van der Waals surface area contributed by atoms with E-state index >= 15 is 0 Å². The molecule has 1 fully saturated rings. The van der Waals surface area contributed by atoms with E-state index in [9.17, 15) is 21.6 Å². The van der Waals surface area contributed by atoms with Crippen molar-refractivity contribution in [3.05, 3.63) is 60.7 Å². The Morgan fingerprint density at radius 1 is 0.756 bits per heavy atom. The number of anilines is 1. The zero-order valence-corrected chi connectivity index (χ0v) is 27.1. The van der Waals surface area contributed by atoms with Crippen LogP contribution in [-0.4, -0.2) is 88.3 Å². The molecule has 0 aromatic heterocycles. The molecule has 1 N–H and O–H groups in total. The summed E-state index contributed by atoms with van der Waals surface area (Å²) in [6, 6.07) is 14.8. The van der Waals surface area contributed by atoms with Crippen LogP contribution in [0.4, 0.5) is 5.69 Å². The molecule has 0 bridgehead atoms. The van der Waals surface area contributed by atoms with Crippen molar-refractivity contribution in [3.8, 4) is 28.7 Å². The molecule has 15 heteroatoms. The minimum atomic E-state index is -4.34. The Bertz CT molecular complexity index is 1690. The standard InChI is InChI=1S/C30H37N3O10S2/c1-39-23-9-13-27(40-2)26(19-23)33(45(37,38)25-12-14-28(41-3)29(20-25)42-4)21-30(34)31-15-18-43-22-7-10-24(11-8-22)44(35,36)32-16-5-6-17-32/h7-14,19-20H,5-6,15-18,21H2,1-4H3,(H,31,34). The number of benzene rings is 3. The molecule has 0 atom stereocenters. The summed E-state index contributed by atoms with van der Waals surface area (Å²) in [6.07, 6.45) is 1.69. The molecule has 1 aliphatic rings. The molecule has 3 aromatic carbocycles. The fraction of sp³-hybridized carbons (Fsp3) is 0.367. The number of hydrogen-bond acceptors (Lipinski definition) is 10. The van der Waals surface area contributed by atoms with Crippen LogP contribution in [0.15, 0.2) is 70.5 Å². The highest BCUT2D eigenvalue weighted by Crippen LogP contribution is 2.37. The average Bonchev–Trinajstić information content (AvgIpc) is 3.61. The van der Waals surface area contributed by atoms with Crippen LogP contribution in [0.1, 0.15) is 12.8 Å². The first-order valence-electron chi connectivity index (χ1n) is 14.0. The Morgan fingerprint density at radius 2 is 1.36 bits per heavy atom. The summed E-state index contributed by atoms with van der Waals surface area (Å²) in [5, 5.41) is 2.67. The number of carbonyl (C=O) groups excluding carboxylic acids is 1. The van der Waals surface area contributed by atoms with Crippen LogP contribution in [0, 0.1) is 0 Å². The summed E-state index contributed by atoms with van der Waals surface area (Å²) in [5.41, 5.74) is 0.0852. The summed E-state index contributed by atoms with van der Waals surface area (Å²) in [7, 11) is -2.24. The maximum Gasteiger partial charge on any atom is 0.265 e. The van der Waals surface area contributed by atoms with E-state index in [2.05, 4.69) is 5.32 Å². The second kappa shape index (κ2) is 14.7. The summed E-state index contributed by atoms with van der Waals surface area (Å²) in [4.78, 5) is 13.2. The summed E-state index contributed by atoms with van der Waals surface area (Å²) >= 11 is 0. The monoisotopic (exact) mass is 663 g/mol. The highest BCUT2D eigenvalue weighted by Gasteiger charge is 2.31. The number of amides is 1. The number of sulfonamides is 2. The number of ether oxygens (including phenoxy) is 5. The summed E-state index contributed by atoms with van der Waals surface area (Å²) < 4.78 is 82.7. The first-order valence-corrected chi connectivity index (χ1v) is 16.9. The van der Waals surface area contributed by atoms with Crippen LogP contribution in [0.5, 0.6) is 28.7 Å². The first-order chi connectivity index (χ1) is 21.5. The van der Waals surface area contributed by atoms with Gasteiger partial charge in [0.15, 0.2) is 11.5 Å². The third kappa shape index (κ3) is 7.72. The number of methoxy groups -OCH3 is 4. The molecule has 0 saturated carbocycles. The van der Waals surface area contributed by atoms with Crippen LogP contribution in [0.2, 0.25) is 0 Å². The van der Waals surface area contributed by atoms with Gasteiger partial charge < -0.3 is 29.0 Å². The second-order valence-corrected chi connectivity index (χ2v) is 13.6. The van der Waals surface area contributed by atoms with Crippen LogP contribution in [-0.2, 0) is 24.8 Å². The third-order valence-corrected chi connectivity index (χ3v) is 10.8. The van der Waals surface area contributed by atoms with E-state index in [4.69, 9.17) is 23.7 Å². The highest BCUT2D eigenvalue weighted by atomic mass is 32.2. The van der Waals surface area contributed by atoms with Gasteiger partial charge in [0.2, 0.25) is 15.9 Å². The van der Waals surface area contributed by atoms with Crippen molar-refractivity contribution in [2.75, 3.05) is 65.5 Å². The van der Waals surface area contributed by atoms with Crippen molar-refractivity contribution in [2.45, 2.75) is 22.6 Å². The zero-order chi connectivity index (χ0) is 32.6. The van der Waals surface area contributed by atoms with Crippen molar-refractivity contribution in [3.63, 3.8) is 0 Å². The Morgan fingerprint density at radius 3 is 1.98 bits per heavy atom. The van der Waals surface area contributed by atoms with E-state index in [0.29, 0.717) is 30.3 Å².